The summed E-state index contributed by atoms with van der Waals surface area (Å²) in [5, 5.41) is 16.8. The minimum atomic E-state index is -0.581. The highest BCUT2D eigenvalue weighted by Gasteiger charge is 2.23. The monoisotopic (exact) mass is 504 g/mol. The van der Waals surface area contributed by atoms with Gasteiger partial charge in [0.2, 0.25) is 0 Å². The zero-order valence-electron chi connectivity index (χ0n) is 20.4. The van der Waals surface area contributed by atoms with Gasteiger partial charge < -0.3 is 20.1 Å². The molecular formula is C27H28N4O6. The van der Waals surface area contributed by atoms with E-state index in [1.54, 1.807) is 24.3 Å². The van der Waals surface area contributed by atoms with E-state index in [4.69, 9.17) is 9.47 Å². The van der Waals surface area contributed by atoms with Crippen molar-refractivity contribution >= 4 is 23.2 Å². The third-order valence-electron chi connectivity index (χ3n) is 6.02. The number of methoxy groups -OCH3 is 1. The maximum Gasteiger partial charge on any atom is 0.271 e. The number of nitro groups is 1. The molecule has 1 aliphatic heterocycles. The lowest BCUT2D eigenvalue weighted by Gasteiger charge is -2.33. The molecule has 2 amide bonds. The molecule has 0 bridgehead atoms. The third-order valence-corrected chi connectivity index (χ3v) is 6.02. The Hall–Kier alpha value is -4.28. The van der Waals surface area contributed by atoms with Crippen LogP contribution in [-0.2, 0) is 11.3 Å². The first-order valence-electron chi connectivity index (χ1n) is 11.8. The lowest BCUT2D eigenvalue weighted by molar-refractivity contribution is -0.384. The van der Waals surface area contributed by atoms with Crippen molar-refractivity contribution in [2.24, 2.45) is 0 Å². The molecule has 37 heavy (non-hydrogen) atoms. The molecule has 0 saturated carbocycles. The summed E-state index contributed by atoms with van der Waals surface area (Å²) in [5.74, 6) is -0.396. The maximum atomic E-state index is 13.0. The second-order valence-electron chi connectivity index (χ2n) is 8.59. The molecule has 1 heterocycles. The van der Waals surface area contributed by atoms with Crippen LogP contribution in [0.5, 0.6) is 5.75 Å². The Morgan fingerprint density at radius 3 is 2.54 bits per heavy atom. The molecule has 1 unspecified atom stereocenters. The minimum absolute atomic E-state index is 0.0442. The summed E-state index contributed by atoms with van der Waals surface area (Å²) in [7, 11) is 1.52. The van der Waals surface area contributed by atoms with Crippen molar-refractivity contribution in [3.63, 3.8) is 0 Å². The number of morpholine rings is 1. The van der Waals surface area contributed by atoms with Gasteiger partial charge in [0.15, 0.2) is 0 Å². The highest BCUT2D eigenvalue weighted by atomic mass is 16.6. The smallest absolute Gasteiger partial charge is 0.271 e. The fraction of sp³-hybridized carbons (Fsp3) is 0.259. The molecule has 3 aromatic rings. The minimum Gasteiger partial charge on any atom is -0.497 e. The molecule has 0 aliphatic carbocycles. The SMILES string of the molecule is COc1ccc(C(=O)Nc2cc([N+](=O)[O-])ccc2C(=O)NCC2CN(Cc3ccccc3)CCO2)cc1. The fourth-order valence-corrected chi connectivity index (χ4v) is 4.08. The predicted molar refractivity (Wildman–Crippen MR) is 138 cm³/mol. The molecule has 1 saturated heterocycles. The quantitative estimate of drug-likeness (QED) is 0.338. The van der Waals surface area contributed by atoms with E-state index in [2.05, 4.69) is 27.7 Å². The zero-order valence-corrected chi connectivity index (χ0v) is 20.4. The number of rotatable bonds is 9. The maximum absolute atomic E-state index is 13.0. The number of hydrogen-bond acceptors (Lipinski definition) is 7. The van der Waals surface area contributed by atoms with Gasteiger partial charge in [-0.1, -0.05) is 30.3 Å². The van der Waals surface area contributed by atoms with Crippen LogP contribution in [0.25, 0.3) is 0 Å². The largest absolute Gasteiger partial charge is 0.497 e. The summed E-state index contributed by atoms with van der Waals surface area (Å²) in [5.41, 5.74) is 1.43. The van der Waals surface area contributed by atoms with Gasteiger partial charge in [-0.15, -0.1) is 0 Å². The van der Waals surface area contributed by atoms with E-state index in [0.29, 0.717) is 24.5 Å². The number of benzene rings is 3. The first-order chi connectivity index (χ1) is 17.9. The number of non-ortho nitro benzene ring substituents is 1. The second-order valence-corrected chi connectivity index (χ2v) is 8.59. The average molecular weight is 505 g/mol. The first-order valence-corrected chi connectivity index (χ1v) is 11.8. The van der Waals surface area contributed by atoms with Gasteiger partial charge >= 0.3 is 0 Å². The van der Waals surface area contributed by atoms with E-state index in [0.717, 1.165) is 13.1 Å². The Labute approximate surface area is 214 Å². The molecular weight excluding hydrogens is 476 g/mol. The molecule has 1 aliphatic rings. The summed E-state index contributed by atoms with van der Waals surface area (Å²) in [6.07, 6.45) is -0.211. The number of nitro benzene ring substituents is 1. The second kappa shape index (κ2) is 12.1. The third kappa shape index (κ3) is 6.90. The van der Waals surface area contributed by atoms with Gasteiger partial charge in [-0.2, -0.15) is 0 Å². The lowest BCUT2D eigenvalue weighted by atomic mass is 10.1. The Kier molecular flexibility index (Phi) is 8.44. The highest BCUT2D eigenvalue weighted by Crippen LogP contribution is 2.24. The van der Waals surface area contributed by atoms with E-state index in [9.17, 15) is 19.7 Å². The molecule has 10 nitrogen and oxygen atoms in total. The first kappa shape index (κ1) is 25.8. The lowest BCUT2D eigenvalue weighted by Crippen LogP contribution is -2.47. The van der Waals surface area contributed by atoms with Crippen LogP contribution >= 0.6 is 0 Å². The number of ether oxygens (including phenoxy) is 2. The number of hydrogen-bond donors (Lipinski definition) is 2. The highest BCUT2D eigenvalue weighted by molar-refractivity contribution is 6.09. The van der Waals surface area contributed by atoms with Crippen LogP contribution in [0.4, 0.5) is 11.4 Å². The summed E-state index contributed by atoms with van der Waals surface area (Å²) in [6, 6.07) is 20.2. The van der Waals surface area contributed by atoms with Crippen LogP contribution in [0.15, 0.2) is 72.8 Å². The number of amides is 2. The summed E-state index contributed by atoms with van der Waals surface area (Å²) in [6.45, 7) is 3.04. The van der Waals surface area contributed by atoms with Crippen LogP contribution < -0.4 is 15.4 Å². The van der Waals surface area contributed by atoms with Gasteiger partial charge in [0.1, 0.15) is 5.75 Å². The van der Waals surface area contributed by atoms with Gasteiger partial charge in [-0.25, -0.2) is 0 Å². The summed E-state index contributed by atoms with van der Waals surface area (Å²) >= 11 is 0. The Morgan fingerprint density at radius 1 is 1.08 bits per heavy atom. The van der Waals surface area contributed by atoms with E-state index in [-0.39, 0.29) is 29.6 Å². The van der Waals surface area contributed by atoms with Crippen LogP contribution in [0.2, 0.25) is 0 Å². The van der Waals surface area contributed by atoms with Crippen LogP contribution in [0.1, 0.15) is 26.3 Å². The van der Waals surface area contributed by atoms with Crippen molar-refractivity contribution in [2.75, 3.05) is 38.7 Å². The van der Waals surface area contributed by atoms with E-state index in [1.165, 1.54) is 30.9 Å². The number of carbonyl (C=O) groups excluding carboxylic acids is 2. The van der Waals surface area contributed by atoms with Crippen molar-refractivity contribution in [2.45, 2.75) is 12.6 Å². The van der Waals surface area contributed by atoms with Crippen molar-refractivity contribution in [3.05, 3.63) is 99.6 Å². The van der Waals surface area contributed by atoms with Crippen molar-refractivity contribution in [1.29, 1.82) is 0 Å². The van der Waals surface area contributed by atoms with Crippen molar-refractivity contribution < 1.29 is 24.0 Å². The molecule has 192 valence electrons. The van der Waals surface area contributed by atoms with Gasteiger partial charge in [0.25, 0.3) is 17.5 Å². The topological polar surface area (TPSA) is 123 Å². The van der Waals surface area contributed by atoms with Crippen molar-refractivity contribution in [3.8, 4) is 5.75 Å². The molecule has 10 heteroatoms. The molecule has 2 N–H and O–H groups in total. The molecule has 3 aromatic carbocycles. The molecule has 0 radical (unpaired) electrons. The predicted octanol–water partition coefficient (Wildman–Crippen LogP) is 3.49. The Bertz CT molecular complexity index is 1250. The van der Waals surface area contributed by atoms with Gasteiger partial charge in [0.05, 0.1) is 36.0 Å². The van der Waals surface area contributed by atoms with Crippen LogP contribution in [-0.4, -0.2) is 61.1 Å². The number of anilines is 1. The summed E-state index contributed by atoms with van der Waals surface area (Å²) < 4.78 is 10.9. The molecule has 1 fully saturated rings. The Balaban J connectivity index is 1.42. The Morgan fingerprint density at radius 2 is 1.84 bits per heavy atom. The zero-order chi connectivity index (χ0) is 26.2. The number of carbonyl (C=O) groups is 2. The van der Waals surface area contributed by atoms with Gasteiger partial charge in [-0.3, -0.25) is 24.6 Å². The van der Waals surface area contributed by atoms with E-state index >= 15 is 0 Å². The van der Waals surface area contributed by atoms with Crippen LogP contribution in [0.3, 0.4) is 0 Å². The van der Waals surface area contributed by atoms with Gasteiger partial charge in [0, 0.05) is 43.9 Å². The fourth-order valence-electron chi connectivity index (χ4n) is 4.08. The molecule has 0 aromatic heterocycles. The van der Waals surface area contributed by atoms with Crippen LogP contribution in [0, 0.1) is 10.1 Å². The van der Waals surface area contributed by atoms with E-state index in [1.807, 2.05) is 18.2 Å². The van der Waals surface area contributed by atoms with Crippen molar-refractivity contribution in [1.82, 2.24) is 10.2 Å². The summed E-state index contributed by atoms with van der Waals surface area (Å²) in [4.78, 5) is 38.8. The molecule has 0 spiro atoms. The average Bonchev–Trinajstić information content (AvgIpc) is 2.92. The normalized spacial score (nSPS) is 15.5. The standard InChI is InChI=1S/C27H28N4O6/c1-36-22-10-7-20(8-11-22)26(32)29-25-15-21(31(34)35)9-12-24(25)27(33)28-16-23-18-30(13-14-37-23)17-19-5-3-2-4-6-19/h2-12,15,23H,13-14,16-18H2,1H3,(H,28,33)(H,29,32). The molecule has 4 rings (SSSR count). The number of nitrogens with zero attached hydrogens (tertiary/aromatic N) is 2. The number of nitrogens with one attached hydrogen (secondary N) is 2. The molecule has 1 atom stereocenters. The van der Waals surface area contributed by atoms with Gasteiger partial charge in [-0.05, 0) is 35.9 Å². The van der Waals surface area contributed by atoms with E-state index < -0.39 is 16.7 Å².